The van der Waals surface area contributed by atoms with Gasteiger partial charge in [-0.1, -0.05) is 0 Å². The molecule has 2 atom stereocenters. The van der Waals surface area contributed by atoms with Crippen molar-refractivity contribution in [3.8, 4) is 0 Å². The van der Waals surface area contributed by atoms with Crippen LogP contribution in [0, 0.1) is 5.92 Å². The number of guanidine groups is 1. The molecule has 6 nitrogen and oxygen atoms in total. The van der Waals surface area contributed by atoms with Crippen LogP contribution < -0.4 is 22.1 Å². The number of likely N-dealkylation sites (N-methyl/N-ethyl adjacent to an activating group) is 1. The van der Waals surface area contributed by atoms with Gasteiger partial charge in [0.05, 0.1) is 6.61 Å². The Balaban J connectivity index is 2.21. The van der Waals surface area contributed by atoms with Crippen LogP contribution in [0.4, 0.5) is 0 Å². The Hall–Kier alpha value is -1.11. The average Bonchev–Trinajstić information content (AvgIpc) is 2.82. The van der Waals surface area contributed by atoms with Crippen LogP contribution in [-0.4, -0.2) is 38.4 Å². The van der Waals surface area contributed by atoms with Crippen LogP contribution in [0.15, 0.2) is 16.8 Å². The molecule has 0 aromatic carbocycles. The molecule has 0 amide bonds. The highest BCUT2D eigenvalue weighted by atomic mass is 16.5. The first-order valence-electron chi connectivity index (χ1n) is 6.01. The van der Waals surface area contributed by atoms with E-state index in [0.717, 1.165) is 31.8 Å². The van der Waals surface area contributed by atoms with Gasteiger partial charge in [-0.3, -0.25) is 5.32 Å². The lowest BCUT2D eigenvalue weighted by atomic mass is 9.96. The van der Waals surface area contributed by atoms with Gasteiger partial charge in [-0.05, 0) is 26.1 Å². The fourth-order valence-electron chi connectivity index (χ4n) is 2.32. The molecule has 1 saturated heterocycles. The van der Waals surface area contributed by atoms with E-state index >= 15 is 0 Å². The number of nitrogens with one attached hydrogen (secondary N) is 2. The minimum absolute atomic E-state index is 0.384. The first-order valence-corrected chi connectivity index (χ1v) is 6.01. The van der Waals surface area contributed by atoms with E-state index in [1.165, 1.54) is 0 Å². The van der Waals surface area contributed by atoms with E-state index in [0.29, 0.717) is 18.4 Å². The van der Waals surface area contributed by atoms with Crippen molar-refractivity contribution < 1.29 is 4.74 Å². The van der Waals surface area contributed by atoms with Gasteiger partial charge in [-0.15, -0.1) is 0 Å². The number of nitrogens with zero attached hydrogens (tertiary/aromatic N) is 1. The molecule has 17 heavy (non-hydrogen) atoms. The van der Waals surface area contributed by atoms with Gasteiger partial charge in [0.15, 0.2) is 5.96 Å². The lowest BCUT2D eigenvalue weighted by Gasteiger charge is -2.32. The summed E-state index contributed by atoms with van der Waals surface area (Å²) in [5.74, 6) is 0.826. The minimum Gasteiger partial charge on any atom is -0.381 e. The topological polar surface area (TPSA) is 97.7 Å². The van der Waals surface area contributed by atoms with Gasteiger partial charge < -0.3 is 21.5 Å². The molecule has 0 bridgehead atoms. The van der Waals surface area contributed by atoms with E-state index in [1.807, 2.05) is 7.05 Å². The maximum Gasteiger partial charge on any atom is 0.195 e. The van der Waals surface area contributed by atoms with Crippen molar-refractivity contribution in [3.05, 3.63) is 11.8 Å². The summed E-state index contributed by atoms with van der Waals surface area (Å²) in [6.45, 7) is 2.11. The number of nitrogens with two attached hydrogens (primary N) is 2. The zero-order chi connectivity index (χ0) is 12.3. The number of hydrogen-bond acceptors (Lipinski definition) is 6. The van der Waals surface area contributed by atoms with Gasteiger partial charge in [0.25, 0.3) is 0 Å². The van der Waals surface area contributed by atoms with Crippen molar-refractivity contribution in [1.82, 2.24) is 10.6 Å². The van der Waals surface area contributed by atoms with Crippen molar-refractivity contribution >= 4 is 5.96 Å². The quantitative estimate of drug-likeness (QED) is 0.509. The maximum absolute atomic E-state index is 5.85. The smallest absolute Gasteiger partial charge is 0.195 e. The summed E-state index contributed by atoms with van der Waals surface area (Å²) in [5.41, 5.74) is 12.1. The predicted molar refractivity (Wildman–Crippen MR) is 67.2 cm³/mol. The van der Waals surface area contributed by atoms with Gasteiger partial charge in [-0.25, -0.2) is 4.99 Å². The molecule has 2 aliphatic rings. The SMILES string of the molecule is CNC1(CCN)C=C(C2CCOC2)NC(N)=N1. The molecule has 6 heteroatoms. The Bertz CT molecular complexity index is 335. The van der Waals surface area contributed by atoms with E-state index in [4.69, 9.17) is 16.2 Å². The second-order valence-electron chi connectivity index (χ2n) is 4.50. The normalized spacial score (nSPS) is 32.9. The highest BCUT2D eigenvalue weighted by molar-refractivity contribution is 5.81. The molecule has 96 valence electrons. The van der Waals surface area contributed by atoms with E-state index in [-0.39, 0.29) is 0 Å². The van der Waals surface area contributed by atoms with Crippen molar-refractivity contribution in [2.45, 2.75) is 18.5 Å². The van der Waals surface area contributed by atoms with Crippen molar-refractivity contribution in [2.24, 2.45) is 22.4 Å². The molecule has 2 unspecified atom stereocenters. The third-order valence-corrected chi connectivity index (χ3v) is 3.31. The molecular weight excluding hydrogens is 218 g/mol. The molecule has 2 aliphatic heterocycles. The van der Waals surface area contributed by atoms with Crippen LogP contribution in [0.2, 0.25) is 0 Å². The zero-order valence-corrected chi connectivity index (χ0v) is 10.2. The lowest BCUT2D eigenvalue weighted by Crippen LogP contribution is -2.50. The van der Waals surface area contributed by atoms with E-state index < -0.39 is 5.66 Å². The minimum atomic E-state index is -0.470. The molecule has 2 rings (SSSR count). The van der Waals surface area contributed by atoms with Gasteiger partial charge in [-0.2, -0.15) is 0 Å². The zero-order valence-electron chi connectivity index (χ0n) is 10.2. The predicted octanol–water partition coefficient (Wildman–Crippen LogP) is -0.911. The highest BCUT2D eigenvalue weighted by Gasteiger charge is 2.32. The summed E-state index contributed by atoms with van der Waals surface area (Å²) in [6, 6.07) is 0. The fraction of sp³-hybridized carbons (Fsp3) is 0.727. The summed E-state index contributed by atoms with van der Waals surface area (Å²) in [6.07, 6.45) is 3.84. The average molecular weight is 239 g/mol. The van der Waals surface area contributed by atoms with E-state index in [9.17, 15) is 0 Å². The van der Waals surface area contributed by atoms with Gasteiger partial charge in [0.1, 0.15) is 5.66 Å². The van der Waals surface area contributed by atoms with Crippen LogP contribution in [0.1, 0.15) is 12.8 Å². The molecule has 2 heterocycles. The summed E-state index contributed by atoms with van der Waals surface area (Å²) in [7, 11) is 1.87. The Morgan fingerprint density at radius 1 is 1.71 bits per heavy atom. The monoisotopic (exact) mass is 239 g/mol. The van der Waals surface area contributed by atoms with Crippen LogP contribution in [-0.2, 0) is 4.74 Å². The number of ether oxygens (including phenoxy) is 1. The Labute approximate surface area is 101 Å². The fourth-order valence-corrected chi connectivity index (χ4v) is 2.32. The molecule has 0 spiro atoms. The largest absolute Gasteiger partial charge is 0.381 e. The third kappa shape index (κ3) is 2.59. The summed E-state index contributed by atoms with van der Waals surface area (Å²) >= 11 is 0. The van der Waals surface area contributed by atoms with Crippen LogP contribution in [0.3, 0.4) is 0 Å². The standard InChI is InChI=1S/C11H21N5O/c1-14-11(3-4-12)6-9(15-10(13)16-11)8-2-5-17-7-8/h6,8,14H,2-5,7,12H2,1H3,(H3,13,15,16). The van der Waals surface area contributed by atoms with Crippen molar-refractivity contribution in [3.63, 3.8) is 0 Å². The van der Waals surface area contributed by atoms with Crippen molar-refractivity contribution in [2.75, 3.05) is 26.8 Å². The maximum atomic E-state index is 5.85. The molecule has 6 N–H and O–H groups in total. The summed E-state index contributed by atoms with van der Waals surface area (Å²) in [4.78, 5) is 4.42. The highest BCUT2D eigenvalue weighted by Crippen LogP contribution is 2.26. The molecule has 0 radical (unpaired) electrons. The second-order valence-corrected chi connectivity index (χ2v) is 4.50. The Morgan fingerprint density at radius 2 is 2.53 bits per heavy atom. The molecule has 0 aromatic heterocycles. The summed E-state index contributed by atoms with van der Waals surface area (Å²) < 4.78 is 5.40. The summed E-state index contributed by atoms with van der Waals surface area (Å²) in [5, 5.41) is 6.33. The first-order chi connectivity index (χ1) is 8.19. The van der Waals surface area contributed by atoms with Gasteiger partial charge in [0, 0.05) is 24.6 Å². The van der Waals surface area contributed by atoms with Gasteiger partial charge >= 0.3 is 0 Å². The molecule has 0 aliphatic carbocycles. The van der Waals surface area contributed by atoms with Crippen LogP contribution in [0.25, 0.3) is 0 Å². The third-order valence-electron chi connectivity index (χ3n) is 3.31. The first kappa shape index (κ1) is 12.3. The molecule has 0 aromatic rings. The molecule has 1 fully saturated rings. The Morgan fingerprint density at radius 3 is 3.12 bits per heavy atom. The van der Waals surface area contributed by atoms with Crippen LogP contribution >= 0.6 is 0 Å². The van der Waals surface area contributed by atoms with Gasteiger partial charge in [0.2, 0.25) is 0 Å². The second kappa shape index (κ2) is 5.03. The van der Waals surface area contributed by atoms with Crippen molar-refractivity contribution in [1.29, 1.82) is 0 Å². The number of aliphatic imine (C=N–C) groups is 1. The number of hydrogen-bond donors (Lipinski definition) is 4. The van der Waals surface area contributed by atoms with E-state index in [2.05, 4.69) is 21.7 Å². The van der Waals surface area contributed by atoms with E-state index in [1.54, 1.807) is 0 Å². The lowest BCUT2D eigenvalue weighted by molar-refractivity contribution is 0.189. The molecular formula is C11H21N5O. The molecule has 0 saturated carbocycles. The number of rotatable bonds is 4. The Kier molecular flexibility index (Phi) is 3.66. The van der Waals surface area contributed by atoms with Crippen LogP contribution in [0.5, 0.6) is 0 Å².